The molecule has 0 radical (unpaired) electrons. The van der Waals surface area contributed by atoms with E-state index in [1.165, 1.54) is 14.0 Å². The molecule has 0 heterocycles. The smallest absolute Gasteiger partial charge is 0.217 e. The molecule has 0 saturated carbocycles. The second-order valence-electron chi connectivity index (χ2n) is 3.24. The number of ether oxygens (including phenoxy) is 1. The number of hydrogen-bond donors (Lipinski definition) is 1. The summed E-state index contributed by atoms with van der Waals surface area (Å²) in [5.74, 6) is 6.06. The van der Waals surface area contributed by atoms with Crippen LogP contribution >= 0.6 is 0 Å². The third-order valence-corrected chi connectivity index (χ3v) is 1.98. The van der Waals surface area contributed by atoms with Crippen molar-refractivity contribution in [3.63, 3.8) is 0 Å². The van der Waals surface area contributed by atoms with Crippen LogP contribution in [-0.4, -0.2) is 19.6 Å². The maximum atomic E-state index is 10.6. The minimum atomic E-state index is -0.114. The lowest BCUT2D eigenvalue weighted by molar-refractivity contribution is -0.118. The van der Waals surface area contributed by atoms with E-state index < -0.39 is 0 Å². The van der Waals surface area contributed by atoms with Crippen LogP contribution in [-0.2, 0) is 4.79 Å². The van der Waals surface area contributed by atoms with Gasteiger partial charge in [-0.2, -0.15) is 5.26 Å². The highest BCUT2D eigenvalue weighted by Crippen LogP contribution is 2.18. The third-order valence-electron chi connectivity index (χ3n) is 1.98. The fourth-order valence-corrected chi connectivity index (χ4v) is 1.18. The van der Waals surface area contributed by atoms with Gasteiger partial charge in [0, 0.05) is 12.5 Å². The Hall–Kier alpha value is -2.46. The van der Waals surface area contributed by atoms with Gasteiger partial charge in [0.1, 0.15) is 11.8 Å². The van der Waals surface area contributed by atoms with Crippen molar-refractivity contribution in [3.05, 3.63) is 29.3 Å². The Bertz CT molecular complexity index is 518. The van der Waals surface area contributed by atoms with Gasteiger partial charge in [-0.25, -0.2) is 0 Å². The predicted octanol–water partition coefficient (Wildman–Crippen LogP) is 1.05. The van der Waals surface area contributed by atoms with E-state index in [1.54, 1.807) is 18.2 Å². The van der Waals surface area contributed by atoms with Crippen molar-refractivity contribution < 1.29 is 9.53 Å². The number of rotatable bonds is 2. The van der Waals surface area contributed by atoms with Gasteiger partial charge in [-0.1, -0.05) is 11.8 Å². The van der Waals surface area contributed by atoms with E-state index in [-0.39, 0.29) is 5.91 Å². The number of hydrogen-bond acceptors (Lipinski definition) is 3. The molecule has 0 unspecified atom stereocenters. The lowest BCUT2D eigenvalue weighted by Gasteiger charge is -2.01. The molecule has 0 saturated heterocycles. The topological polar surface area (TPSA) is 62.1 Å². The minimum Gasteiger partial charge on any atom is -0.495 e. The van der Waals surface area contributed by atoms with Crippen LogP contribution in [0.25, 0.3) is 0 Å². The molecule has 0 aliphatic heterocycles. The largest absolute Gasteiger partial charge is 0.495 e. The molecule has 0 aromatic heterocycles. The van der Waals surface area contributed by atoms with Crippen LogP contribution in [0.3, 0.4) is 0 Å². The Labute approximate surface area is 100 Å². The van der Waals surface area contributed by atoms with Gasteiger partial charge in [0.2, 0.25) is 5.91 Å². The van der Waals surface area contributed by atoms with E-state index >= 15 is 0 Å². The van der Waals surface area contributed by atoms with Crippen LogP contribution in [0.4, 0.5) is 0 Å². The van der Waals surface area contributed by atoms with Crippen molar-refractivity contribution in [1.82, 2.24) is 5.32 Å². The molecule has 0 aliphatic rings. The number of methoxy groups -OCH3 is 1. The van der Waals surface area contributed by atoms with Crippen LogP contribution in [0.15, 0.2) is 18.2 Å². The monoisotopic (exact) mass is 228 g/mol. The van der Waals surface area contributed by atoms with Gasteiger partial charge in [-0.3, -0.25) is 4.79 Å². The highest BCUT2D eigenvalue weighted by molar-refractivity contribution is 5.73. The minimum absolute atomic E-state index is 0.114. The van der Waals surface area contributed by atoms with Crippen molar-refractivity contribution in [2.45, 2.75) is 6.92 Å². The number of amides is 1. The molecule has 1 aromatic rings. The normalized spacial score (nSPS) is 8.53. The van der Waals surface area contributed by atoms with Crippen molar-refractivity contribution in [3.8, 4) is 23.7 Å². The molecular formula is C13H12N2O2. The number of nitrogens with zero attached hydrogens (tertiary/aromatic N) is 1. The predicted molar refractivity (Wildman–Crippen MR) is 63.3 cm³/mol. The first-order valence-electron chi connectivity index (χ1n) is 4.99. The molecule has 1 amide bonds. The molecule has 1 aromatic carbocycles. The zero-order valence-electron chi connectivity index (χ0n) is 9.70. The maximum absolute atomic E-state index is 10.6. The second-order valence-corrected chi connectivity index (χ2v) is 3.24. The molecule has 0 spiro atoms. The van der Waals surface area contributed by atoms with Crippen LogP contribution in [0.2, 0.25) is 0 Å². The molecule has 86 valence electrons. The quantitative estimate of drug-likeness (QED) is 0.770. The summed E-state index contributed by atoms with van der Waals surface area (Å²) in [4.78, 5) is 10.6. The first kappa shape index (κ1) is 12.6. The summed E-state index contributed by atoms with van der Waals surface area (Å²) in [5.41, 5.74) is 1.21. The van der Waals surface area contributed by atoms with E-state index in [1.807, 2.05) is 6.07 Å². The van der Waals surface area contributed by atoms with Gasteiger partial charge in [0.05, 0.1) is 19.2 Å². The second kappa shape index (κ2) is 6.19. The molecule has 0 aliphatic carbocycles. The Morgan fingerprint density at radius 2 is 2.29 bits per heavy atom. The summed E-state index contributed by atoms with van der Waals surface area (Å²) >= 11 is 0. The van der Waals surface area contributed by atoms with E-state index in [0.29, 0.717) is 17.9 Å². The first-order chi connectivity index (χ1) is 8.17. The van der Waals surface area contributed by atoms with Crippen LogP contribution < -0.4 is 10.1 Å². The fraction of sp³-hybridized carbons (Fsp3) is 0.231. The van der Waals surface area contributed by atoms with Crippen LogP contribution in [0, 0.1) is 23.2 Å². The molecule has 4 heteroatoms. The number of carbonyl (C=O) groups excluding carboxylic acids is 1. The fourth-order valence-electron chi connectivity index (χ4n) is 1.18. The number of carbonyl (C=O) groups is 1. The number of nitriles is 1. The summed E-state index contributed by atoms with van der Waals surface area (Å²) in [6, 6.07) is 7.11. The molecule has 1 N–H and O–H groups in total. The molecule has 0 bridgehead atoms. The number of benzene rings is 1. The Kier molecular flexibility index (Phi) is 4.59. The molecule has 0 atom stereocenters. The van der Waals surface area contributed by atoms with Crippen molar-refractivity contribution in [2.75, 3.05) is 13.7 Å². The molecule has 4 nitrogen and oxygen atoms in total. The highest BCUT2D eigenvalue weighted by atomic mass is 16.5. The first-order valence-corrected chi connectivity index (χ1v) is 4.99. The lowest BCUT2D eigenvalue weighted by atomic mass is 10.1. The molecular weight excluding hydrogens is 216 g/mol. The van der Waals surface area contributed by atoms with E-state index in [2.05, 4.69) is 17.2 Å². The number of nitrogens with one attached hydrogen (secondary N) is 1. The molecule has 17 heavy (non-hydrogen) atoms. The lowest BCUT2D eigenvalue weighted by Crippen LogP contribution is -2.19. The zero-order valence-corrected chi connectivity index (χ0v) is 9.70. The third kappa shape index (κ3) is 3.89. The van der Waals surface area contributed by atoms with Gasteiger partial charge in [-0.15, -0.1) is 0 Å². The van der Waals surface area contributed by atoms with Gasteiger partial charge in [-0.05, 0) is 18.2 Å². The summed E-state index contributed by atoms with van der Waals surface area (Å²) in [6.07, 6.45) is 0. The zero-order chi connectivity index (χ0) is 12.7. The van der Waals surface area contributed by atoms with Crippen LogP contribution in [0.5, 0.6) is 5.75 Å². The maximum Gasteiger partial charge on any atom is 0.217 e. The SMILES string of the molecule is COc1cc(C#CCNC(C)=O)ccc1C#N. The summed E-state index contributed by atoms with van der Waals surface area (Å²) < 4.78 is 5.06. The Morgan fingerprint density at radius 3 is 2.88 bits per heavy atom. The van der Waals surface area contributed by atoms with E-state index in [9.17, 15) is 4.79 Å². The molecule has 1 rings (SSSR count). The summed E-state index contributed by atoms with van der Waals surface area (Å²) in [7, 11) is 1.50. The molecule has 0 fully saturated rings. The summed E-state index contributed by atoms with van der Waals surface area (Å²) in [6.45, 7) is 1.74. The van der Waals surface area contributed by atoms with Crippen LogP contribution in [0.1, 0.15) is 18.1 Å². The Balaban J connectivity index is 2.79. The highest BCUT2D eigenvalue weighted by Gasteiger charge is 2.01. The van der Waals surface area contributed by atoms with Gasteiger partial charge >= 0.3 is 0 Å². The van der Waals surface area contributed by atoms with E-state index in [4.69, 9.17) is 10.00 Å². The average Bonchev–Trinajstić information content (AvgIpc) is 2.34. The van der Waals surface area contributed by atoms with Gasteiger partial charge < -0.3 is 10.1 Å². The van der Waals surface area contributed by atoms with Gasteiger partial charge in [0.15, 0.2) is 0 Å². The van der Waals surface area contributed by atoms with E-state index in [0.717, 1.165) is 5.56 Å². The van der Waals surface area contributed by atoms with Crippen molar-refractivity contribution >= 4 is 5.91 Å². The van der Waals surface area contributed by atoms with Crippen molar-refractivity contribution in [2.24, 2.45) is 0 Å². The average molecular weight is 228 g/mol. The Morgan fingerprint density at radius 1 is 1.53 bits per heavy atom. The standard InChI is InChI=1S/C13H12N2O2/c1-10(16)15-7-3-4-11-5-6-12(9-14)13(8-11)17-2/h5-6,8H,7H2,1-2H3,(H,15,16). The van der Waals surface area contributed by atoms with Gasteiger partial charge in [0.25, 0.3) is 0 Å². The van der Waals surface area contributed by atoms with Crippen molar-refractivity contribution in [1.29, 1.82) is 5.26 Å². The summed E-state index contributed by atoms with van der Waals surface area (Å²) in [5, 5.41) is 11.4.